The van der Waals surface area contributed by atoms with E-state index >= 15 is 0 Å². The summed E-state index contributed by atoms with van der Waals surface area (Å²) in [6.07, 6.45) is 3.62. The first kappa shape index (κ1) is 40.9. The number of aryl methyl sites for hydroxylation is 3. The zero-order valence-corrected chi connectivity index (χ0v) is 37.9. The van der Waals surface area contributed by atoms with Gasteiger partial charge in [0.1, 0.15) is 16.9 Å². The largest absolute Gasteiger partial charge is 0.478 e. The van der Waals surface area contributed by atoms with Gasteiger partial charge in [0.25, 0.3) is 0 Å². The molecule has 64 heavy (non-hydrogen) atoms. The Kier molecular flexibility index (Phi) is 10.2. The van der Waals surface area contributed by atoms with Crippen LogP contribution in [0.3, 0.4) is 0 Å². The number of hydrogen-bond donors (Lipinski definition) is 2. The molecular weight excluding hydrogens is 815 g/mol. The lowest BCUT2D eigenvalue weighted by molar-refractivity contribution is -0.118. The molecule has 0 amide bonds. The normalized spacial score (nSPS) is 19.7. The Bertz CT molecular complexity index is 2820. The van der Waals surface area contributed by atoms with E-state index in [9.17, 15) is 15.0 Å². The Morgan fingerprint density at radius 1 is 0.797 bits per heavy atom. The van der Waals surface area contributed by atoms with E-state index in [1.807, 2.05) is 19.1 Å². The van der Waals surface area contributed by atoms with Crippen molar-refractivity contribution in [2.75, 3.05) is 55.6 Å². The number of aromatic carboxylic acids is 1. The molecule has 0 spiro atoms. The fourth-order valence-electron chi connectivity index (χ4n) is 11.1. The standard InChI is InChI=1S/C53H55N7O3S/c1-32-34(3)64-51-47(32)49(54-33(2)50-56-55-35(4)60(50)51)40-15-20-44(21-16-40)58-26-36(27-58)24-53(63)30-57(31-53)25-37-28-59(29-37)43-18-13-39(14-19-43)48-45(38-9-6-5-7-10-38)12-8-11-41-23-42(52(61)62)17-22-46(41)48/h5-7,9-10,13-23,33,36-37,63H,8,11-12,24-31H2,1-4H3,(H,61,62)/t33-/m0/s1. The molecule has 0 unspecified atom stereocenters. The first-order valence-corrected chi connectivity index (χ1v) is 23.7. The fraction of sp³-hybridized carbons (Fsp3) is 0.358. The molecule has 326 valence electrons. The van der Waals surface area contributed by atoms with E-state index in [4.69, 9.17) is 4.99 Å². The van der Waals surface area contributed by atoms with Crippen molar-refractivity contribution in [2.45, 2.75) is 65.0 Å². The highest BCUT2D eigenvalue weighted by molar-refractivity contribution is 7.15. The molecule has 5 aliphatic rings. The molecule has 1 aliphatic carbocycles. The number of aromatic nitrogens is 3. The van der Waals surface area contributed by atoms with Crippen molar-refractivity contribution >= 4 is 45.5 Å². The van der Waals surface area contributed by atoms with Gasteiger partial charge < -0.3 is 20.0 Å². The number of likely N-dealkylation sites (tertiary alicyclic amines) is 1. The molecule has 2 N–H and O–H groups in total. The van der Waals surface area contributed by atoms with Crippen LogP contribution in [0.1, 0.15) is 98.1 Å². The number of benzene rings is 4. The van der Waals surface area contributed by atoms with Gasteiger partial charge in [-0.2, -0.15) is 0 Å². The summed E-state index contributed by atoms with van der Waals surface area (Å²) in [5, 5.41) is 31.3. The van der Waals surface area contributed by atoms with Gasteiger partial charge >= 0.3 is 5.97 Å². The molecule has 1 atom stereocenters. The van der Waals surface area contributed by atoms with Gasteiger partial charge in [0.2, 0.25) is 0 Å². The Labute approximate surface area is 379 Å². The SMILES string of the molecule is Cc1sc2c(c1C)C(c1ccc(N3CC(CC4(O)CN(CC5CN(c6ccc(C7=C(c8ccccc8)CCCc8cc(C(=O)O)ccc87)cc6)C5)C4)C3)cc1)=N[C@@H](C)c1nnc(C)n1-2. The lowest BCUT2D eigenvalue weighted by atomic mass is 9.80. The number of carbonyl (C=O) groups is 1. The number of carboxylic acid groups (broad SMARTS) is 1. The van der Waals surface area contributed by atoms with Gasteiger partial charge in [0, 0.05) is 79.1 Å². The van der Waals surface area contributed by atoms with Crippen molar-refractivity contribution in [1.82, 2.24) is 19.7 Å². The molecule has 0 bridgehead atoms. The number of β-amino-alcohol motifs (C(OH)–C–C–N with tert-alkyl or cyclic N) is 1. The molecule has 0 radical (unpaired) electrons. The van der Waals surface area contributed by atoms with E-state index in [0.717, 1.165) is 111 Å². The lowest BCUT2D eigenvalue weighted by Crippen LogP contribution is -2.66. The number of aliphatic imine (C=N–C) groups is 1. The van der Waals surface area contributed by atoms with Crippen LogP contribution in [0.2, 0.25) is 0 Å². The third-order valence-electron chi connectivity index (χ3n) is 14.4. The number of hydrogen-bond acceptors (Lipinski definition) is 9. The van der Waals surface area contributed by atoms with E-state index < -0.39 is 11.6 Å². The van der Waals surface area contributed by atoms with Crippen LogP contribution in [0, 0.1) is 32.6 Å². The van der Waals surface area contributed by atoms with Crippen LogP contribution in [0.4, 0.5) is 11.4 Å². The second kappa shape index (κ2) is 16.0. The summed E-state index contributed by atoms with van der Waals surface area (Å²) in [5.74, 6) is 1.98. The number of thiophene rings is 1. The van der Waals surface area contributed by atoms with Gasteiger partial charge in [-0.1, -0.05) is 60.7 Å². The summed E-state index contributed by atoms with van der Waals surface area (Å²) in [7, 11) is 0. The zero-order valence-electron chi connectivity index (χ0n) is 37.1. The molecule has 4 aliphatic heterocycles. The second-order valence-corrected chi connectivity index (χ2v) is 20.2. The van der Waals surface area contributed by atoms with Crippen molar-refractivity contribution in [1.29, 1.82) is 0 Å². The van der Waals surface area contributed by atoms with Crippen LogP contribution in [0.5, 0.6) is 0 Å². The summed E-state index contributed by atoms with van der Waals surface area (Å²) in [5.41, 5.74) is 14.0. The van der Waals surface area contributed by atoms with Crippen LogP contribution in [0.15, 0.2) is 102 Å². The molecule has 0 saturated carbocycles. The molecule has 2 aromatic heterocycles. The maximum atomic E-state index is 11.8. The third kappa shape index (κ3) is 7.27. The van der Waals surface area contributed by atoms with Gasteiger partial charge in [-0.3, -0.25) is 14.5 Å². The average Bonchev–Trinajstić information content (AvgIpc) is 3.66. The Morgan fingerprint density at radius 3 is 2.16 bits per heavy atom. The van der Waals surface area contributed by atoms with Crippen LogP contribution in [-0.2, 0) is 6.42 Å². The summed E-state index contributed by atoms with van der Waals surface area (Å²) < 4.78 is 2.19. The first-order valence-electron chi connectivity index (χ1n) is 22.9. The number of allylic oxidation sites excluding steroid dienone is 1. The number of carboxylic acids is 1. The quantitative estimate of drug-likeness (QED) is 0.140. The van der Waals surface area contributed by atoms with Gasteiger partial charge in [0.05, 0.1) is 16.9 Å². The van der Waals surface area contributed by atoms with E-state index in [1.165, 1.54) is 49.7 Å². The van der Waals surface area contributed by atoms with E-state index in [-0.39, 0.29) is 6.04 Å². The van der Waals surface area contributed by atoms with Crippen LogP contribution < -0.4 is 9.80 Å². The lowest BCUT2D eigenvalue weighted by Gasteiger charge is -2.53. The molecule has 6 aromatic rings. The van der Waals surface area contributed by atoms with E-state index in [1.54, 1.807) is 17.4 Å². The predicted octanol–water partition coefficient (Wildman–Crippen LogP) is 9.17. The second-order valence-electron chi connectivity index (χ2n) is 19.0. The van der Waals surface area contributed by atoms with Crippen LogP contribution in [-0.4, -0.2) is 93.0 Å². The minimum Gasteiger partial charge on any atom is -0.478 e. The maximum Gasteiger partial charge on any atom is 0.335 e. The topological polar surface area (TPSA) is 110 Å². The highest BCUT2D eigenvalue weighted by Gasteiger charge is 2.46. The van der Waals surface area contributed by atoms with Gasteiger partial charge in [-0.25, -0.2) is 4.79 Å². The monoisotopic (exact) mass is 869 g/mol. The van der Waals surface area contributed by atoms with E-state index in [2.05, 4.69) is 129 Å². The summed E-state index contributed by atoms with van der Waals surface area (Å²) in [6.45, 7) is 15.0. The third-order valence-corrected chi connectivity index (χ3v) is 15.6. The number of rotatable bonds is 10. The predicted molar refractivity (Wildman–Crippen MR) is 256 cm³/mol. The smallest absolute Gasteiger partial charge is 0.335 e. The highest BCUT2D eigenvalue weighted by atomic mass is 32.1. The van der Waals surface area contributed by atoms with Gasteiger partial charge in [-0.15, -0.1) is 21.5 Å². The zero-order chi connectivity index (χ0) is 43.9. The molecule has 3 saturated heterocycles. The number of fused-ring (bicyclic) bond motifs is 4. The Morgan fingerprint density at radius 2 is 1.47 bits per heavy atom. The summed E-state index contributed by atoms with van der Waals surface area (Å²) >= 11 is 1.79. The fourth-order valence-corrected chi connectivity index (χ4v) is 12.3. The molecular formula is C53H55N7O3S. The number of aliphatic hydroxyl groups is 1. The maximum absolute atomic E-state index is 11.8. The molecule has 6 heterocycles. The van der Waals surface area contributed by atoms with Gasteiger partial charge in [-0.05, 0) is 135 Å². The van der Waals surface area contributed by atoms with E-state index in [0.29, 0.717) is 17.4 Å². The highest BCUT2D eigenvalue weighted by Crippen LogP contribution is 2.43. The Hall–Kier alpha value is -5.88. The van der Waals surface area contributed by atoms with Gasteiger partial charge in [0.15, 0.2) is 5.82 Å². The van der Waals surface area contributed by atoms with Crippen molar-refractivity contribution in [3.8, 4) is 5.00 Å². The van der Waals surface area contributed by atoms with Crippen molar-refractivity contribution < 1.29 is 15.0 Å². The number of nitrogens with zero attached hydrogens (tertiary/aromatic N) is 7. The Balaban J connectivity index is 0.678. The average molecular weight is 870 g/mol. The molecule has 3 fully saturated rings. The van der Waals surface area contributed by atoms with Crippen molar-refractivity contribution in [3.05, 3.63) is 158 Å². The molecule has 11 rings (SSSR count). The minimum atomic E-state index is -0.884. The van der Waals surface area contributed by atoms with Crippen LogP contribution in [0.25, 0.3) is 16.1 Å². The molecule has 4 aromatic carbocycles. The number of anilines is 2. The molecule has 11 heteroatoms. The minimum absolute atomic E-state index is 0.100. The molecule has 10 nitrogen and oxygen atoms in total. The first-order chi connectivity index (χ1) is 31.0. The van der Waals surface area contributed by atoms with Crippen molar-refractivity contribution in [3.63, 3.8) is 0 Å². The summed E-state index contributed by atoms with van der Waals surface area (Å²) in [6, 6.07) is 34.0. The van der Waals surface area contributed by atoms with Crippen molar-refractivity contribution in [2.24, 2.45) is 16.8 Å². The van der Waals surface area contributed by atoms with Crippen LogP contribution >= 0.6 is 11.3 Å². The summed E-state index contributed by atoms with van der Waals surface area (Å²) in [4.78, 5) is 25.7.